The summed E-state index contributed by atoms with van der Waals surface area (Å²) >= 11 is 0. The van der Waals surface area contributed by atoms with Gasteiger partial charge in [0.1, 0.15) is 5.75 Å². The van der Waals surface area contributed by atoms with Crippen LogP contribution in [-0.4, -0.2) is 23.0 Å². The topological polar surface area (TPSA) is 63.6 Å². The molecule has 102 valence electrons. The van der Waals surface area contributed by atoms with Gasteiger partial charge in [-0.15, -0.1) is 0 Å². The number of carboxylic acids is 1. The number of hydrogen-bond donors (Lipinski definition) is 1. The lowest BCUT2D eigenvalue weighted by molar-refractivity contribution is -0.136. The largest absolute Gasteiger partial charge is 0.490 e. The molecule has 1 fully saturated rings. The first-order valence-corrected chi connectivity index (χ1v) is 6.67. The second-order valence-electron chi connectivity index (χ2n) is 4.87. The molecule has 1 aromatic carbocycles. The normalized spacial score (nSPS) is 15.4. The molecule has 0 heterocycles. The summed E-state index contributed by atoms with van der Waals surface area (Å²) in [4.78, 5) is 22.1. The molecule has 4 nitrogen and oxygen atoms in total. The number of rotatable bonds is 6. The number of carbonyl (C=O) groups excluding carboxylic acids is 1. The second-order valence-corrected chi connectivity index (χ2v) is 4.87. The van der Waals surface area contributed by atoms with Crippen molar-refractivity contribution in [1.29, 1.82) is 0 Å². The lowest BCUT2D eigenvalue weighted by atomic mass is 10.1. The SMILES string of the molecule is O=C(O)CCC(=O)c1ccc(OC2CCCC2)cc1. The maximum Gasteiger partial charge on any atom is 0.303 e. The molecule has 19 heavy (non-hydrogen) atoms. The third kappa shape index (κ3) is 4.09. The Morgan fingerprint density at radius 2 is 1.74 bits per heavy atom. The van der Waals surface area contributed by atoms with E-state index in [4.69, 9.17) is 9.84 Å². The highest BCUT2D eigenvalue weighted by Crippen LogP contribution is 2.24. The van der Waals surface area contributed by atoms with Gasteiger partial charge in [0, 0.05) is 12.0 Å². The molecule has 0 atom stereocenters. The van der Waals surface area contributed by atoms with Gasteiger partial charge in [-0.3, -0.25) is 9.59 Å². The van der Waals surface area contributed by atoms with Crippen molar-refractivity contribution in [3.63, 3.8) is 0 Å². The smallest absolute Gasteiger partial charge is 0.303 e. The van der Waals surface area contributed by atoms with Crippen molar-refractivity contribution in [2.24, 2.45) is 0 Å². The molecule has 0 spiro atoms. The molecular weight excluding hydrogens is 244 g/mol. The summed E-state index contributed by atoms with van der Waals surface area (Å²) in [5.74, 6) is -0.314. The molecule has 0 aromatic heterocycles. The first-order valence-electron chi connectivity index (χ1n) is 6.67. The average Bonchev–Trinajstić information content (AvgIpc) is 2.89. The molecule has 2 rings (SSSR count). The molecule has 0 amide bonds. The maximum atomic E-state index is 11.7. The zero-order valence-electron chi connectivity index (χ0n) is 10.8. The first kappa shape index (κ1) is 13.6. The highest BCUT2D eigenvalue weighted by Gasteiger charge is 2.16. The first-order chi connectivity index (χ1) is 9.15. The van der Waals surface area contributed by atoms with Crippen LogP contribution in [0.2, 0.25) is 0 Å². The number of hydrogen-bond acceptors (Lipinski definition) is 3. The Kier molecular flexibility index (Phi) is 4.55. The minimum atomic E-state index is -0.950. The second kappa shape index (κ2) is 6.36. The zero-order chi connectivity index (χ0) is 13.7. The van der Waals surface area contributed by atoms with Gasteiger partial charge < -0.3 is 9.84 Å². The fourth-order valence-corrected chi connectivity index (χ4v) is 2.28. The quantitative estimate of drug-likeness (QED) is 0.800. The number of Topliss-reactive ketones (excluding diaryl/α,β-unsaturated/α-hetero) is 1. The van der Waals surface area contributed by atoms with Crippen LogP contribution in [0.15, 0.2) is 24.3 Å². The highest BCUT2D eigenvalue weighted by atomic mass is 16.5. The fourth-order valence-electron chi connectivity index (χ4n) is 2.28. The number of carboxylic acid groups (broad SMARTS) is 1. The van der Waals surface area contributed by atoms with Crippen molar-refractivity contribution < 1.29 is 19.4 Å². The van der Waals surface area contributed by atoms with Crippen LogP contribution in [0.3, 0.4) is 0 Å². The Hall–Kier alpha value is -1.84. The summed E-state index contributed by atoms with van der Waals surface area (Å²) in [6.45, 7) is 0. The Balaban J connectivity index is 1.89. The summed E-state index contributed by atoms with van der Waals surface area (Å²) in [6.07, 6.45) is 4.84. The summed E-state index contributed by atoms with van der Waals surface area (Å²) < 4.78 is 5.80. The van der Waals surface area contributed by atoms with Crippen LogP contribution >= 0.6 is 0 Å². The Labute approximate surface area is 112 Å². The molecule has 1 N–H and O–H groups in total. The number of benzene rings is 1. The molecule has 0 saturated heterocycles. The van der Waals surface area contributed by atoms with Crippen LogP contribution in [0.4, 0.5) is 0 Å². The number of ether oxygens (including phenoxy) is 1. The predicted molar refractivity (Wildman–Crippen MR) is 70.5 cm³/mol. The van der Waals surface area contributed by atoms with Crippen LogP contribution in [0.5, 0.6) is 5.75 Å². The van der Waals surface area contributed by atoms with E-state index in [-0.39, 0.29) is 18.6 Å². The van der Waals surface area contributed by atoms with Gasteiger partial charge in [0.25, 0.3) is 0 Å². The van der Waals surface area contributed by atoms with E-state index in [1.54, 1.807) is 24.3 Å². The van der Waals surface area contributed by atoms with Crippen molar-refractivity contribution in [2.45, 2.75) is 44.6 Å². The minimum absolute atomic E-state index is 0.0398. The van der Waals surface area contributed by atoms with E-state index in [2.05, 4.69) is 0 Å². The van der Waals surface area contributed by atoms with E-state index in [1.165, 1.54) is 12.8 Å². The van der Waals surface area contributed by atoms with Gasteiger partial charge in [0.2, 0.25) is 0 Å². The van der Waals surface area contributed by atoms with Crippen molar-refractivity contribution >= 4 is 11.8 Å². The molecule has 1 aliphatic rings. The van der Waals surface area contributed by atoms with E-state index in [0.717, 1.165) is 18.6 Å². The number of carbonyl (C=O) groups is 2. The summed E-state index contributed by atoms with van der Waals surface area (Å²) in [7, 11) is 0. The van der Waals surface area contributed by atoms with Gasteiger partial charge >= 0.3 is 5.97 Å². The Morgan fingerprint density at radius 3 is 2.32 bits per heavy atom. The Bertz CT molecular complexity index is 444. The fraction of sp³-hybridized carbons (Fsp3) is 0.467. The lowest BCUT2D eigenvalue weighted by Crippen LogP contribution is -2.11. The summed E-state index contributed by atoms with van der Waals surface area (Å²) in [5.41, 5.74) is 0.542. The molecule has 0 aliphatic heterocycles. The van der Waals surface area contributed by atoms with Crippen molar-refractivity contribution in [3.05, 3.63) is 29.8 Å². The molecule has 1 saturated carbocycles. The van der Waals surface area contributed by atoms with E-state index < -0.39 is 5.97 Å². The molecule has 1 aliphatic carbocycles. The van der Waals surface area contributed by atoms with Crippen molar-refractivity contribution in [2.75, 3.05) is 0 Å². The molecule has 4 heteroatoms. The molecule has 0 unspecified atom stereocenters. The monoisotopic (exact) mass is 262 g/mol. The third-order valence-electron chi connectivity index (χ3n) is 3.35. The van der Waals surface area contributed by atoms with Crippen molar-refractivity contribution in [3.8, 4) is 5.75 Å². The van der Waals surface area contributed by atoms with Crippen LogP contribution in [0.25, 0.3) is 0 Å². The van der Waals surface area contributed by atoms with Gasteiger partial charge in [-0.2, -0.15) is 0 Å². The summed E-state index contributed by atoms with van der Waals surface area (Å²) in [6, 6.07) is 6.97. The van der Waals surface area contributed by atoms with E-state index in [9.17, 15) is 9.59 Å². The van der Waals surface area contributed by atoms with Gasteiger partial charge in [-0.05, 0) is 49.9 Å². The average molecular weight is 262 g/mol. The van der Waals surface area contributed by atoms with Gasteiger partial charge in [0.05, 0.1) is 12.5 Å². The predicted octanol–water partition coefficient (Wildman–Crippen LogP) is 3.06. The number of ketones is 1. The van der Waals surface area contributed by atoms with E-state index in [0.29, 0.717) is 11.7 Å². The van der Waals surface area contributed by atoms with Crippen LogP contribution in [-0.2, 0) is 4.79 Å². The van der Waals surface area contributed by atoms with Crippen LogP contribution in [0.1, 0.15) is 48.9 Å². The molecule has 0 bridgehead atoms. The minimum Gasteiger partial charge on any atom is -0.490 e. The number of aliphatic carboxylic acids is 1. The standard InChI is InChI=1S/C15H18O4/c16-14(9-10-15(17)18)11-5-7-13(8-6-11)19-12-3-1-2-4-12/h5-8,12H,1-4,9-10H2,(H,17,18). The summed E-state index contributed by atoms with van der Waals surface area (Å²) in [5, 5.41) is 8.54. The third-order valence-corrected chi connectivity index (χ3v) is 3.35. The van der Waals surface area contributed by atoms with Gasteiger partial charge in [0.15, 0.2) is 5.78 Å². The van der Waals surface area contributed by atoms with Crippen LogP contribution < -0.4 is 4.74 Å². The van der Waals surface area contributed by atoms with Crippen molar-refractivity contribution in [1.82, 2.24) is 0 Å². The maximum absolute atomic E-state index is 11.7. The Morgan fingerprint density at radius 1 is 1.11 bits per heavy atom. The van der Waals surface area contributed by atoms with E-state index >= 15 is 0 Å². The molecule has 0 radical (unpaired) electrons. The highest BCUT2D eigenvalue weighted by molar-refractivity contribution is 5.97. The van der Waals surface area contributed by atoms with E-state index in [1.807, 2.05) is 0 Å². The molecule has 1 aromatic rings. The van der Waals surface area contributed by atoms with Gasteiger partial charge in [-0.1, -0.05) is 0 Å². The lowest BCUT2D eigenvalue weighted by Gasteiger charge is -2.13. The zero-order valence-corrected chi connectivity index (χ0v) is 10.8. The van der Waals surface area contributed by atoms with Gasteiger partial charge in [-0.25, -0.2) is 0 Å². The molecular formula is C15H18O4. The van der Waals surface area contributed by atoms with Crippen LogP contribution in [0, 0.1) is 0 Å².